The summed E-state index contributed by atoms with van der Waals surface area (Å²) in [5.74, 6) is -0.935. The van der Waals surface area contributed by atoms with Gasteiger partial charge in [0.25, 0.3) is 11.5 Å². The number of carbonyl (C=O) groups is 2. The maximum absolute atomic E-state index is 12.8. The van der Waals surface area contributed by atoms with E-state index in [1.165, 1.54) is 35.3 Å². The number of fused-ring (bicyclic) bond motifs is 1. The van der Waals surface area contributed by atoms with Crippen molar-refractivity contribution in [1.82, 2.24) is 19.9 Å². The summed E-state index contributed by atoms with van der Waals surface area (Å²) in [6, 6.07) is 4.51. The summed E-state index contributed by atoms with van der Waals surface area (Å²) in [6.45, 7) is 0. The number of aromatic nitrogens is 3. The van der Waals surface area contributed by atoms with E-state index in [1.807, 2.05) is 17.5 Å². The second kappa shape index (κ2) is 7.63. The number of ether oxygens (including phenoxy) is 1. The molecular formula is C19H18N4O5S. The van der Waals surface area contributed by atoms with E-state index in [1.54, 1.807) is 0 Å². The Kier molecular flexibility index (Phi) is 5.01. The average molecular weight is 414 g/mol. The maximum atomic E-state index is 12.8. The van der Waals surface area contributed by atoms with Crippen LogP contribution in [0.4, 0.5) is 0 Å². The summed E-state index contributed by atoms with van der Waals surface area (Å²) in [5, 5.41) is 4.81. The lowest BCUT2D eigenvalue weighted by Gasteiger charge is -2.16. The van der Waals surface area contributed by atoms with Gasteiger partial charge in [0.15, 0.2) is 0 Å². The van der Waals surface area contributed by atoms with Crippen LogP contribution in [0.15, 0.2) is 39.4 Å². The highest BCUT2D eigenvalue weighted by Crippen LogP contribution is 2.34. The maximum Gasteiger partial charge on any atom is 0.330 e. The number of rotatable bonds is 6. The minimum atomic E-state index is -0.589. The molecule has 2 N–H and O–H groups in total. The number of nitrogens with one attached hydrogen (secondary N) is 2. The second-order valence-corrected chi connectivity index (χ2v) is 7.76. The molecule has 0 saturated heterocycles. The van der Waals surface area contributed by atoms with Crippen molar-refractivity contribution < 1.29 is 14.3 Å². The Labute approximate surface area is 168 Å². The molecule has 9 nitrogen and oxygen atoms in total. The Morgan fingerprint density at radius 1 is 1.41 bits per heavy atom. The Balaban J connectivity index is 1.66. The van der Waals surface area contributed by atoms with Gasteiger partial charge >= 0.3 is 11.7 Å². The van der Waals surface area contributed by atoms with Gasteiger partial charge < -0.3 is 10.1 Å². The lowest BCUT2D eigenvalue weighted by molar-refractivity contribution is -0.141. The number of pyridine rings is 1. The van der Waals surface area contributed by atoms with Crippen molar-refractivity contribution in [2.75, 3.05) is 7.11 Å². The third kappa shape index (κ3) is 3.83. The first-order chi connectivity index (χ1) is 14.0. The smallest absolute Gasteiger partial charge is 0.330 e. The van der Waals surface area contributed by atoms with Gasteiger partial charge in [-0.15, -0.1) is 11.3 Å². The fourth-order valence-corrected chi connectivity index (χ4v) is 3.91. The SMILES string of the molecule is COC(=O)C[C@@H](NC(=O)c1cnc2c(c1)c(=O)[nH]c(=O)n2C1CC1)c1cccs1. The van der Waals surface area contributed by atoms with Crippen molar-refractivity contribution in [3.8, 4) is 0 Å². The van der Waals surface area contributed by atoms with Gasteiger partial charge in [0.2, 0.25) is 0 Å². The second-order valence-electron chi connectivity index (χ2n) is 6.78. The first-order valence-electron chi connectivity index (χ1n) is 9.03. The molecule has 3 aromatic heterocycles. The average Bonchev–Trinajstić information content (AvgIpc) is 3.38. The molecule has 29 heavy (non-hydrogen) atoms. The first kappa shape index (κ1) is 19.1. The zero-order chi connectivity index (χ0) is 20.5. The summed E-state index contributed by atoms with van der Waals surface area (Å²) in [6.07, 6.45) is 3.01. The van der Waals surface area contributed by atoms with E-state index in [0.29, 0.717) is 0 Å². The van der Waals surface area contributed by atoms with Gasteiger partial charge in [0.1, 0.15) is 5.65 Å². The van der Waals surface area contributed by atoms with E-state index in [4.69, 9.17) is 4.74 Å². The molecule has 0 spiro atoms. The molecule has 1 fully saturated rings. The monoisotopic (exact) mass is 414 g/mol. The normalized spacial score (nSPS) is 14.5. The number of H-pyrrole nitrogens is 1. The molecule has 3 aromatic rings. The molecule has 0 radical (unpaired) electrons. The Morgan fingerprint density at radius 2 is 2.21 bits per heavy atom. The molecule has 0 unspecified atom stereocenters. The number of esters is 1. The van der Waals surface area contributed by atoms with Crippen LogP contribution in [0, 0.1) is 0 Å². The van der Waals surface area contributed by atoms with Crippen LogP contribution < -0.4 is 16.6 Å². The van der Waals surface area contributed by atoms with Crippen LogP contribution in [-0.2, 0) is 9.53 Å². The van der Waals surface area contributed by atoms with Gasteiger partial charge in [-0.05, 0) is 30.4 Å². The quantitative estimate of drug-likeness (QED) is 0.590. The minimum Gasteiger partial charge on any atom is -0.469 e. The van der Waals surface area contributed by atoms with Crippen LogP contribution in [0.25, 0.3) is 11.0 Å². The zero-order valence-corrected chi connectivity index (χ0v) is 16.3. The number of nitrogens with zero attached hydrogens (tertiary/aromatic N) is 2. The van der Waals surface area contributed by atoms with Crippen LogP contribution in [0.1, 0.15) is 46.6 Å². The third-order valence-corrected chi connectivity index (χ3v) is 5.73. The van der Waals surface area contributed by atoms with Crippen molar-refractivity contribution in [2.45, 2.75) is 31.3 Å². The van der Waals surface area contributed by atoms with Crippen molar-refractivity contribution in [3.05, 3.63) is 61.1 Å². The molecule has 10 heteroatoms. The molecule has 1 amide bonds. The lowest BCUT2D eigenvalue weighted by Crippen LogP contribution is -2.32. The number of carbonyl (C=O) groups excluding carboxylic acids is 2. The summed E-state index contributed by atoms with van der Waals surface area (Å²) < 4.78 is 6.18. The number of aromatic amines is 1. The van der Waals surface area contributed by atoms with Gasteiger partial charge in [0, 0.05) is 17.1 Å². The highest BCUT2D eigenvalue weighted by atomic mass is 32.1. The highest BCUT2D eigenvalue weighted by molar-refractivity contribution is 7.10. The number of thiophene rings is 1. The molecule has 4 rings (SSSR count). The van der Waals surface area contributed by atoms with Crippen molar-refractivity contribution in [1.29, 1.82) is 0 Å². The van der Waals surface area contributed by atoms with Gasteiger partial charge in [-0.2, -0.15) is 0 Å². The van der Waals surface area contributed by atoms with Crippen LogP contribution in [0.3, 0.4) is 0 Å². The molecule has 1 aliphatic rings. The number of hydrogen-bond donors (Lipinski definition) is 2. The first-order valence-corrected chi connectivity index (χ1v) is 9.91. The van der Waals surface area contributed by atoms with Crippen molar-refractivity contribution in [2.24, 2.45) is 0 Å². The van der Waals surface area contributed by atoms with E-state index >= 15 is 0 Å². The summed E-state index contributed by atoms with van der Waals surface area (Å²) in [7, 11) is 1.29. The lowest BCUT2D eigenvalue weighted by atomic mass is 10.1. The molecule has 1 atom stereocenters. The van der Waals surface area contributed by atoms with Crippen LogP contribution in [0.5, 0.6) is 0 Å². The van der Waals surface area contributed by atoms with Gasteiger partial charge in [-0.3, -0.25) is 23.9 Å². The van der Waals surface area contributed by atoms with Gasteiger partial charge in [0.05, 0.1) is 30.5 Å². The van der Waals surface area contributed by atoms with E-state index < -0.39 is 29.2 Å². The largest absolute Gasteiger partial charge is 0.469 e. The minimum absolute atomic E-state index is 0.0223. The van der Waals surface area contributed by atoms with Crippen LogP contribution >= 0.6 is 11.3 Å². The van der Waals surface area contributed by atoms with Gasteiger partial charge in [-0.25, -0.2) is 9.78 Å². The van der Waals surface area contributed by atoms with E-state index in [2.05, 4.69) is 15.3 Å². The molecule has 0 aliphatic heterocycles. The van der Waals surface area contributed by atoms with E-state index in [0.717, 1.165) is 17.7 Å². The highest BCUT2D eigenvalue weighted by Gasteiger charge is 2.28. The van der Waals surface area contributed by atoms with Crippen LogP contribution in [-0.4, -0.2) is 33.5 Å². The Bertz CT molecular complexity index is 1190. The third-order valence-electron chi connectivity index (χ3n) is 4.74. The number of methoxy groups -OCH3 is 1. The molecule has 3 heterocycles. The number of amides is 1. The van der Waals surface area contributed by atoms with E-state index in [9.17, 15) is 19.2 Å². The molecule has 1 aliphatic carbocycles. The molecule has 0 aromatic carbocycles. The van der Waals surface area contributed by atoms with E-state index in [-0.39, 0.29) is 29.1 Å². The summed E-state index contributed by atoms with van der Waals surface area (Å²) >= 11 is 1.41. The summed E-state index contributed by atoms with van der Waals surface area (Å²) in [5.41, 5.74) is -0.656. The van der Waals surface area contributed by atoms with Gasteiger partial charge in [-0.1, -0.05) is 6.07 Å². The Morgan fingerprint density at radius 3 is 2.86 bits per heavy atom. The fourth-order valence-electron chi connectivity index (χ4n) is 3.14. The Hall–Kier alpha value is -3.27. The number of hydrogen-bond acceptors (Lipinski definition) is 7. The molecular weight excluding hydrogens is 396 g/mol. The fraction of sp³-hybridized carbons (Fsp3) is 0.316. The van der Waals surface area contributed by atoms with Crippen molar-refractivity contribution >= 4 is 34.2 Å². The molecule has 0 bridgehead atoms. The topological polar surface area (TPSA) is 123 Å². The van der Waals surface area contributed by atoms with Crippen LogP contribution in [0.2, 0.25) is 0 Å². The standard InChI is InChI=1S/C19H18N4O5S/c1-28-15(24)8-13(14-3-2-6-29-14)21-17(25)10-7-12-16(20-9-10)23(11-4-5-11)19(27)22-18(12)26/h2-3,6-7,9,11,13H,4-5,8H2,1H3,(H,21,25)(H,22,26,27)/t13-/m1/s1. The van der Waals surface area contributed by atoms with Crippen molar-refractivity contribution in [3.63, 3.8) is 0 Å². The summed E-state index contributed by atoms with van der Waals surface area (Å²) in [4.78, 5) is 56.2. The zero-order valence-electron chi connectivity index (χ0n) is 15.5. The molecule has 150 valence electrons. The molecule has 1 saturated carbocycles. The predicted molar refractivity (Wildman–Crippen MR) is 106 cm³/mol. The predicted octanol–water partition coefficient (Wildman–Crippen LogP) is 1.52.